The van der Waals surface area contributed by atoms with Crippen molar-refractivity contribution in [1.29, 1.82) is 0 Å². The van der Waals surface area contributed by atoms with E-state index in [1.54, 1.807) is 12.5 Å². The predicted molar refractivity (Wildman–Crippen MR) is 47.7 cm³/mol. The maximum absolute atomic E-state index is 10.8. The molecule has 0 spiro atoms. The molecule has 0 radical (unpaired) electrons. The largest absolute Gasteiger partial charge is 0.479 e. The first kappa shape index (κ1) is 9.21. The number of hydrogen-bond acceptors (Lipinski definition) is 3. The van der Waals surface area contributed by atoms with Gasteiger partial charge >= 0.3 is 5.97 Å². The molecule has 2 atom stereocenters. The molecule has 1 aromatic rings. The van der Waals surface area contributed by atoms with Crippen LogP contribution in [0.1, 0.15) is 6.42 Å². The molecule has 0 amide bonds. The number of ether oxygens (including phenoxy) is 1. The van der Waals surface area contributed by atoms with Gasteiger partial charge in [0, 0.05) is 31.5 Å². The number of carboxylic acid groups (broad SMARTS) is 1. The molecule has 1 aliphatic heterocycles. The minimum atomic E-state index is -0.868. The molecular weight excluding hydrogens is 184 g/mol. The summed E-state index contributed by atoms with van der Waals surface area (Å²) in [6.45, 7) is 1.20. The third-order valence-corrected chi connectivity index (χ3v) is 2.46. The summed E-state index contributed by atoms with van der Waals surface area (Å²) < 4.78 is 7.03. The molecule has 14 heavy (non-hydrogen) atoms. The zero-order valence-electron chi connectivity index (χ0n) is 7.67. The lowest BCUT2D eigenvalue weighted by molar-refractivity contribution is -0.149. The number of carboxylic acids is 1. The van der Waals surface area contributed by atoms with Crippen molar-refractivity contribution < 1.29 is 14.6 Å². The van der Waals surface area contributed by atoms with Crippen LogP contribution in [0.3, 0.4) is 0 Å². The Morgan fingerprint density at radius 3 is 3.21 bits per heavy atom. The second-order valence-corrected chi connectivity index (χ2v) is 3.44. The van der Waals surface area contributed by atoms with Crippen molar-refractivity contribution in [2.75, 3.05) is 6.61 Å². The van der Waals surface area contributed by atoms with Crippen LogP contribution in [0.4, 0.5) is 0 Å². The highest BCUT2D eigenvalue weighted by atomic mass is 16.5. The van der Waals surface area contributed by atoms with E-state index in [2.05, 4.69) is 4.98 Å². The van der Waals surface area contributed by atoms with Gasteiger partial charge in [0.25, 0.3) is 0 Å². The highest BCUT2D eigenvalue weighted by Gasteiger charge is 2.33. The molecule has 0 saturated carbocycles. The van der Waals surface area contributed by atoms with E-state index in [1.807, 2.05) is 10.8 Å². The van der Waals surface area contributed by atoms with Gasteiger partial charge in [-0.25, -0.2) is 9.78 Å². The van der Waals surface area contributed by atoms with E-state index < -0.39 is 12.1 Å². The number of hydrogen-bond donors (Lipinski definition) is 1. The Morgan fingerprint density at radius 2 is 2.57 bits per heavy atom. The van der Waals surface area contributed by atoms with Crippen molar-refractivity contribution in [2.45, 2.75) is 19.1 Å². The SMILES string of the molecule is O=C(O)[C@H]1OCC[C@H]1Cn1ccnc1. The van der Waals surface area contributed by atoms with Gasteiger partial charge in [0.2, 0.25) is 0 Å². The highest BCUT2D eigenvalue weighted by Crippen LogP contribution is 2.22. The average molecular weight is 196 g/mol. The molecule has 76 valence electrons. The molecule has 2 heterocycles. The van der Waals surface area contributed by atoms with E-state index >= 15 is 0 Å². The Kier molecular flexibility index (Phi) is 2.49. The summed E-state index contributed by atoms with van der Waals surface area (Å²) in [4.78, 5) is 14.7. The van der Waals surface area contributed by atoms with Crippen molar-refractivity contribution in [3.63, 3.8) is 0 Å². The van der Waals surface area contributed by atoms with Gasteiger partial charge < -0.3 is 14.4 Å². The minimum Gasteiger partial charge on any atom is -0.479 e. The Hall–Kier alpha value is -1.36. The lowest BCUT2D eigenvalue weighted by atomic mass is 10.0. The summed E-state index contributed by atoms with van der Waals surface area (Å²) >= 11 is 0. The first-order valence-electron chi connectivity index (χ1n) is 4.57. The van der Waals surface area contributed by atoms with E-state index in [0.717, 1.165) is 6.42 Å². The summed E-state index contributed by atoms with van der Waals surface area (Å²) in [5, 5.41) is 8.86. The van der Waals surface area contributed by atoms with E-state index in [4.69, 9.17) is 9.84 Å². The first-order valence-corrected chi connectivity index (χ1v) is 4.57. The fourth-order valence-electron chi connectivity index (χ4n) is 1.76. The van der Waals surface area contributed by atoms with Crippen LogP contribution >= 0.6 is 0 Å². The van der Waals surface area contributed by atoms with Crippen LogP contribution in [0.15, 0.2) is 18.7 Å². The van der Waals surface area contributed by atoms with Crippen LogP contribution in [-0.2, 0) is 16.1 Å². The van der Waals surface area contributed by atoms with Gasteiger partial charge in [-0.05, 0) is 6.42 Å². The summed E-state index contributed by atoms with van der Waals surface area (Å²) in [5.41, 5.74) is 0. The van der Waals surface area contributed by atoms with E-state index in [9.17, 15) is 4.79 Å². The van der Waals surface area contributed by atoms with Crippen LogP contribution in [0.2, 0.25) is 0 Å². The Balaban J connectivity index is 2.00. The normalized spacial score (nSPS) is 26.6. The van der Waals surface area contributed by atoms with Gasteiger partial charge in [0.15, 0.2) is 6.10 Å². The van der Waals surface area contributed by atoms with Gasteiger partial charge in [0.1, 0.15) is 0 Å². The summed E-state index contributed by atoms with van der Waals surface area (Å²) in [7, 11) is 0. The van der Waals surface area contributed by atoms with Crippen molar-refractivity contribution in [1.82, 2.24) is 9.55 Å². The number of aliphatic carboxylic acids is 1. The van der Waals surface area contributed by atoms with Gasteiger partial charge in [-0.1, -0.05) is 0 Å². The van der Waals surface area contributed by atoms with Crippen molar-refractivity contribution >= 4 is 5.97 Å². The van der Waals surface area contributed by atoms with Gasteiger partial charge in [-0.2, -0.15) is 0 Å². The monoisotopic (exact) mass is 196 g/mol. The number of rotatable bonds is 3. The molecule has 5 heteroatoms. The number of aromatic nitrogens is 2. The minimum absolute atomic E-state index is 0.0571. The molecule has 1 fully saturated rings. The average Bonchev–Trinajstić information content (AvgIpc) is 2.75. The van der Waals surface area contributed by atoms with Crippen LogP contribution < -0.4 is 0 Å². The fourth-order valence-corrected chi connectivity index (χ4v) is 1.76. The topological polar surface area (TPSA) is 64.3 Å². The van der Waals surface area contributed by atoms with E-state index in [1.165, 1.54) is 0 Å². The van der Waals surface area contributed by atoms with Crippen LogP contribution in [0, 0.1) is 5.92 Å². The van der Waals surface area contributed by atoms with Crippen LogP contribution in [0.5, 0.6) is 0 Å². The first-order chi connectivity index (χ1) is 6.77. The zero-order valence-corrected chi connectivity index (χ0v) is 7.67. The molecule has 1 aromatic heterocycles. The van der Waals surface area contributed by atoms with Crippen molar-refractivity contribution in [2.24, 2.45) is 5.92 Å². The number of nitrogens with zero attached hydrogens (tertiary/aromatic N) is 2. The van der Waals surface area contributed by atoms with E-state index in [-0.39, 0.29) is 5.92 Å². The van der Waals surface area contributed by atoms with Crippen LogP contribution in [-0.4, -0.2) is 33.3 Å². The molecular formula is C9H12N2O3. The third-order valence-electron chi connectivity index (χ3n) is 2.46. The second kappa shape index (κ2) is 3.79. The molecule has 0 aliphatic carbocycles. The van der Waals surface area contributed by atoms with Gasteiger partial charge in [0.05, 0.1) is 6.33 Å². The Labute approximate surface area is 81.3 Å². The quantitative estimate of drug-likeness (QED) is 0.758. The smallest absolute Gasteiger partial charge is 0.333 e. The predicted octanol–water partition coefficient (Wildman–Crippen LogP) is 0.373. The molecule has 1 saturated heterocycles. The maximum Gasteiger partial charge on any atom is 0.333 e. The lowest BCUT2D eigenvalue weighted by Crippen LogP contribution is -2.28. The number of carbonyl (C=O) groups is 1. The maximum atomic E-state index is 10.8. The highest BCUT2D eigenvalue weighted by molar-refractivity contribution is 5.73. The van der Waals surface area contributed by atoms with Crippen LogP contribution in [0.25, 0.3) is 0 Å². The molecule has 0 aromatic carbocycles. The van der Waals surface area contributed by atoms with Gasteiger partial charge in [-0.15, -0.1) is 0 Å². The Bertz CT molecular complexity index is 310. The molecule has 0 unspecified atom stereocenters. The summed E-state index contributed by atoms with van der Waals surface area (Å²) in [6.07, 6.45) is 5.35. The Morgan fingerprint density at radius 1 is 1.71 bits per heavy atom. The lowest BCUT2D eigenvalue weighted by Gasteiger charge is -2.14. The standard InChI is InChI=1S/C9H12N2O3/c12-9(13)8-7(1-4-14-8)5-11-3-2-10-6-11/h2-3,6-8H,1,4-5H2,(H,12,13)/t7-,8-/m0/s1. The molecule has 1 aliphatic rings. The third kappa shape index (κ3) is 1.77. The zero-order chi connectivity index (χ0) is 9.97. The number of imidazole rings is 1. The summed E-state index contributed by atoms with van der Waals surface area (Å²) in [5.74, 6) is -0.811. The molecule has 1 N–H and O–H groups in total. The molecule has 0 bridgehead atoms. The van der Waals surface area contributed by atoms with Crippen molar-refractivity contribution in [3.8, 4) is 0 Å². The van der Waals surface area contributed by atoms with E-state index in [0.29, 0.717) is 13.2 Å². The van der Waals surface area contributed by atoms with Gasteiger partial charge in [-0.3, -0.25) is 0 Å². The fraction of sp³-hybridized carbons (Fsp3) is 0.556. The molecule has 2 rings (SSSR count). The second-order valence-electron chi connectivity index (χ2n) is 3.44. The molecule has 5 nitrogen and oxygen atoms in total. The summed E-state index contributed by atoms with van der Waals surface area (Å²) in [6, 6.07) is 0. The van der Waals surface area contributed by atoms with Crippen molar-refractivity contribution in [3.05, 3.63) is 18.7 Å².